The average molecular weight is 258 g/mol. The summed E-state index contributed by atoms with van der Waals surface area (Å²) in [6.07, 6.45) is 5.51. The van der Waals surface area contributed by atoms with Crippen LogP contribution < -0.4 is 0 Å². The fraction of sp³-hybridized carbons (Fsp3) is 0.929. The molecule has 1 rings (SSSR count). The van der Waals surface area contributed by atoms with Crippen molar-refractivity contribution in [2.24, 2.45) is 5.92 Å². The van der Waals surface area contributed by atoms with E-state index in [2.05, 4.69) is 6.92 Å². The highest BCUT2D eigenvalue weighted by atomic mass is 16.7. The first kappa shape index (κ1) is 15.4. The van der Waals surface area contributed by atoms with Crippen LogP contribution in [0.5, 0.6) is 0 Å². The van der Waals surface area contributed by atoms with Crippen molar-refractivity contribution >= 4 is 5.97 Å². The average Bonchev–Trinajstić information content (AvgIpc) is 2.40. The molecule has 0 spiro atoms. The molecule has 0 N–H and O–H groups in total. The number of hydrogen-bond acceptors (Lipinski definition) is 4. The van der Waals surface area contributed by atoms with Crippen molar-refractivity contribution in [3.05, 3.63) is 0 Å². The maximum absolute atomic E-state index is 11.3. The molecule has 1 saturated heterocycles. The molecule has 0 aliphatic carbocycles. The standard InChI is InChI=1S/C14H26O4/c1-3-7-13(15)17-10-12(4-2)11-18-14-8-5-6-9-16-14/h12,14H,3-11H2,1-2H3. The molecule has 1 aliphatic rings. The quantitative estimate of drug-likeness (QED) is 0.628. The summed E-state index contributed by atoms with van der Waals surface area (Å²) in [6, 6.07) is 0. The maximum Gasteiger partial charge on any atom is 0.305 e. The Hall–Kier alpha value is -0.610. The minimum Gasteiger partial charge on any atom is -0.465 e. The van der Waals surface area contributed by atoms with Crippen LogP contribution in [0.4, 0.5) is 0 Å². The van der Waals surface area contributed by atoms with Crippen molar-refractivity contribution in [1.29, 1.82) is 0 Å². The predicted molar refractivity (Wildman–Crippen MR) is 69.2 cm³/mol. The minimum absolute atomic E-state index is 0.0563. The van der Waals surface area contributed by atoms with Gasteiger partial charge in [-0.1, -0.05) is 13.8 Å². The van der Waals surface area contributed by atoms with Gasteiger partial charge in [0, 0.05) is 18.9 Å². The van der Waals surface area contributed by atoms with Crippen molar-refractivity contribution in [3.8, 4) is 0 Å². The molecule has 1 heterocycles. The van der Waals surface area contributed by atoms with Crippen LogP contribution in [0.2, 0.25) is 0 Å². The van der Waals surface area contributed by atoms with Crippen molar-refractivity contribution in [2.75, 3.05) is 19.8 Å². The zero-order chi connectivity index (χ0) is 13.2. The van der Waals surface area contributed by atoms with Gasteiger partial charge in [-0.15, -0.1) is 0 Å². The van der Waals surface area contributed by atoms with E-state index in [1.807, 2.05) is 6.92 Å². The molecule has 0 saturated carbocycles. The second-order valence-electron chi connectivity index (χ2n) is 4.84. The van der Waals surface area contributed by atoms with Crippen molar-refractivity contribution in [1.82, 2.24) is 0 Å². The topological polar surface area (TPSA) is 44.8 Å². The van der Waals surface area contributed by atoms with E-state index in [0.29, 0.717) is 19.6 Å². The Morgan fingerprint density at radius 3 is 2.78 bits per heavy atom. The van der Waals surface area contributed by atoms with Crippen LogP contribution >= 0.6 is 0 Å². The monoisotopic (exact) mass is 258 g/mol. The van der Waals surface area contributed by atoms with Gasteiger partial charge >= 0.3 is 5.97 Å². The molecule has 4 nitrogen and oxygen atoms in total. The van der Waals surface area contributed by atoms with Crippen molar-refractivity contribution < 1.29 is 19.0 Å². The van der Waals surface area contributed by atoms with Crippen LogP contribution in [0.25, 0.3) is 0 Å². The molecule has 0 amide bonds. The second kappa shape index (κ2) is 9.34. The van der Waals surface area contributed by atoms with Crippen LogP contribution in [-0.4, -0.2) is 32.1 Å². The van der Waals surface area contributed by atoms with Gasteiger partial charge in [0.05, 0.1) is 13.2 Å². The van der Waals surface area contributed by atoms with Crippen LogP contribution in [0, 0.1) is 5.92 Å². The van der Waals surface area contributed by atoms with Crippen LogP contribution in [0.1, 0.15) is 52.4 Å². The van der Waals surface area contributed by atoms with E-state index < -0.39 is 0 Å². The Morgan fingerprint density at radius 2 is 2.17 bits per heavy atom. The first-order valence-corrected chi connectivity index (χ1v) is 7.15. The summed E-state index contributed by atoms with van der Waals surface area (Å²) in [7, 11) is 0. The van der Waals surface area contributed by atoms with Gasteiger partial charge in [-0.2, -0.15) is 0 Å². The Labute approximate surface area is 110 Å². The van der Waals surface area contributed by atoms with E-state index in [0.717, 1.165) is 32.3 Å². The third-order valence-electron chi connectivity index (χ3n) is 3.17. The third kappa shape index (κ3) is 6.36. The molecule has 0 bridgehead atoms. The summed E-state index contributed by atoms with van der Waals surface area (Å²) in [5, 5.41) is 0. The van der Waals surface area contributed by atoms with Gasteiger partial charge < -0.3 is 14.2 Å². The van der Waals surface area contributed by atoms with E-state index in [4.69, 9.17) is 14.2 Å². The zero-order valence-corrected chi connectivity index (χ0v) is 11.7. The van der Waals surface area contributed by atoms with Gasteiger partial charge in [-0.3, -0.25) is 4.79 Å². The molecule has 0 aromatic carbocycles. The van der Waals surface area contributed by atoms with Gasteiger partial charge in [-0.05, 0) is 32.1 Å². The first-order chi connectivity index (χ1) is 8.76. The van der Waals surface area contributed by atoms with Crippen LogP contribution in [-0.2, 0) is 19.0 Å². The molecular weight excluding hydrogens is 232 g/mol. The molecule has 0 radical (unpaired) electrons. The molecule has 2 unspecified atom stereocenters. The van der Waals surface area contributed by atoms with E-state index >= 15 is 0 Å². The van der Waals surface area contributed by atoms with Gasteiger partial charge in [0.15, 0.2) is 6.29 Å². The summed E-state index contributed by atoms with van der Waals surface area (Å²) >= 11 is 0. The number of rotatable bonds is 8. The summed E-state index contributed by atoms with van der Waals surface area (Å²) in [6.45, 7) is 5.93. The zero-order valence-electron chi connectivity index (χ0n) is 11.7. The van der Waals surface area contributed by atoms with Crippen molar-refractivity contribution in [3.63, 3.8) is 0 Å². The number of ether oxygens (including phenoxy) is 3. The summed E-state index contributed by atoms with van der Waals surface area (Å²) in [5.74, 6) is 0.168. The lowest BCUT2D eigenvalue weighted by Gasteiger charge is -2.25. The Balaban J connectivity index is 2.14. The molecule has 1 aliphatic heterocycles. The predicted octanol–water partition coefficient (Wildman–Crippen LogP) is 2.90. The molecule has 0 aromatic rings. The smallest absolute Gasteiger partial charge is 0.305 e. The SMILES string of the molecule is CCCC(=O)OCC(CC)COC1CCCCO1. The van der Waals surface area contributed by atoms with Gasteiger partial charge in [0.2, 0.25) is 0 Å². The second-order valence-corrected chi connectivity index (χ2v) is 4.84. The largest absolute Gasteiger partial charge is 0.465 e. The first-order valence-electron chi connectivity index (χ1n) is 7.15. The molecular formula is C14H26O4. The summed E-state index contributed by atoms with van der Waals surface area (Å²) in [5.41, 5.74) is 0. The molecule has 4 heteroatoms. The third-order valence-corrected chi connectivity index (χ3v) is 3.17. The van der Waals surface area contributed by atoms with Gasteiger partial charge in [-0.25, -0.2) is 0 Å². The Morgan fingerprint density at radius 1 is 1.33 bits per heavy atom. The summed E-state index contributed by atoms with van der Waals surface area (Å²) in [4.78, 5) is 11.3. The molecule has 2 atom stereocenters. The minimum atomic E-state index is -0.107. The van der Waals surface area contributed by atoms with E-state index in [1.165, 1.54) is 6.42 Å². The highest BCUT2D eigenvalue weighted by Crippen LogP contribution is 2.15. The van der Waals surface area contributed by atoms with E-state index in [1.54, 1.807) is 0 Å². The normalized spacial score (nSPS) is 21.6. The number of carbonyl (C=O) groups is 1. The lowest BCUT2D eigenvalue weighted by atomic mass is 10.1. The Bertz CT molecular complexity index is 224. The van der Waals surface area contributed by atoms with Gasteiger partial charge in [0.1, 0.15) is 0 Å². The molecule has 18 heavy (non-hydrogen) atoms. The number of esters is 1. The molecule has 0 aromatic heterocycles. The maximum atomic E-state index is 11.3. The highest BCUT2D eigenvalue weighted by Gasteiger charge is 2.17. The van der Waals surface area contributed by atoms with Crippen LogP contribution in [0.3, 0.4) is 0 Å². The fourth-order valence-corrected chi connectivity index (χ4v) is 1.86. The lowest BCUT2D eigenvalue weighted by Crippen LogP contribution is -2.26. The van der Waals surface area contributed by atoms with Gasteiger partial charge in [0.25, 0.3) is 0 Å². The highest BCUT2D eigenvalue weighted by molar-refractivity contribution is 5.69. The fourth-order valence-electron chi connectivity index (χ4n) is 1.86. The number of carbonyl (C=O) groups excluding carboxylic acids is 1. The summed E-state index contributed by atoms with van der Waals surface area (Å²) < 4.78 is 16.4. The van der Waals surface area contributed by atoms with Crippen molar-refractivity contribution in [2.45, 2.75) is 58.7 Å². The lowest BCUT2D eigenvalue weighted by molar-refractivity contribution is -0.173. The Kier molecular flexibility index (Phi) is 8.01. The van der Waals surface area contributed by atoms with E-state index in [9.17, 15) is 4.79 Å². The van der Waals surface area contributed by atoms with Crippen LogP contribution in [0.15, 0.2) is 0 Å². The molecule has 106 valence electrons. The molecule has 1 fully saturated rings. The van der Waals surface area contributed by atoms with E-state index in [-0.39, 0.29) is 18.2 Å². The number of hydrogen-bond donors (Lipinski definition) is 0.